The third-order valence-corrected chi connectivity index (χ3v) is 7.19. The number of nitrogens with zero attached hydrogens (tertiary/aromatic N) is 4. The Kier molecular flexibility index (Phi) is 7.64. The normalized spacial score (nSPS) is 17.1. The van der Waals surface area contributed by atoms with Gasteiger partial charge in [-0.05, 0) is 49.9 Å². The van der Waals surface area contributed by atoms with Gasteiger partial charge in [0.2, 0.25) is 17.7 Å². The number of anilines is 2. The molecule has 0 saturated carbocycles. The molecule has 5 rings (SSSR count). The predicted octanol–water partition coefficient (Wildman–Crippen LogP) is 4.85. The zero-order valence-electron chi connectivity index (χ0n) is 21.4. The highest BCUT2D eigenvalue weighted by Gasteiger charge is 2.30. The van der Waals surface area contributed by atoms with Crippen LogP contribution >= 0.6 is 11.6 Å². The number of amides is 2. The first-order valence-electron chi connectivity index (χ1n) is 12.8. The highest BCUT2D eigenvalue weighted by atomic mass is 35.5. The zero-order chi connectivity index (χ0) is 26.6. The Morgan fingerprint density at radius 1 is 1.18 bits per heavy atom. The van der Waals surface area contributed by atoms with Gasteiger partial charge < -0.3 is 14.4 Å². The molecule has 9 nitrogen and oxygen atoms in total. The summed E-state index contributed by atoms with van der Waals surface area (Å²) in [5.74, 6) is 0.562. The molecule has 3 aromatic rings. The van der Waals surface area contributed by atoms with Crippen LogP contribution in [0.15, 0.2) is 48.7 Å². The van der Waals surface area contributed by atoms with E-state index in [1.807, 2.05) is 23.1 Å². The molecular weight excluding hydrogens is 506 g/mol. The smallest absolute Gasteiger partial charge is 0.276 e. The minimum absolute atomic E-state index is 0.0777. The van der Waals surface area contributed by atoms with Gasteiger partial charge in [0.05, 0.1) is 12.1 Å². The lowest BCUT2D eigenvalue weighted by Crippen LogP contribution is -2.46. The number of halogens is 1. The van der Waals surface area contributed by atoms with E-state index in [0.717, 1.165) is 31.4 Å². The van der Waals surface area contributed by atoms with Crippen LogP contribution in [0.5, 0.6) is 11.6 Å². The van der Waals surface area contributed by atoms with Gasteiger partial charge >= 0.3 is 0 Å². The van der Waals surface area contributed by atoms with Crippen LogP contribution in [0.1, 0.15) is 54.1 Å². The van der Waals surface area contributed by atoms with Gasteiger partial charge in [-0.25, -0.2) is 4.98 Å². The number of benzene rings is 2. The molecule has 38 heavy (non-hydrogen) atoms. The summed E-state index contributed by atoms with van der Waals surface area (Å²) < 4.78 is 11.3. The van der Waals surface area contributed by atoms with E-state index in [9.17, 15) is 9.59 Å². The number of hydrogen-bond acceptors (Lipinski definition) is 7. The first-order chi connectivity index (χ1) is 18.4. The molecule has 1 saturated heterocycles. The third kappa shape index (κ3) is 5.38. The molecule has 0 spiro atoms. The van der Waals surface area contributed by atoms with E-state index in [4.69, 9.17) is 26.1 Å². The molecule has 2 aliphatic rings. The van der Waals surface area contributed by atoms with E-state index in [-0.39, 0.29) is 30.0 Å². The Labute approximate surface area is 226 Å². The second-order valence-electron chi connectivity index (χ2n) is 9.48. The molecule has 2 aliphatic heterocycles. The summed E-state index contributed by atoms with van der Waals surface area (Å²) in [5.41, 5.74) is 5.81. The largest absolute Gasteiger partial charge is 0.497 e. The topological polar surface area (TPSA) is 96.9 Å². The van der Waals surface area contributed by atoms with E-state index < -0.39 is 5.91 Å². The maximum absolute atomic E-state index is 13.3. The first kappa shape index (κ1) is 25.8. The van der Waals surface area contributed by atoms with Crippen LogP contribution < -0.4 is 19.8 Å². The number of ether oxygens (including phenoxy) is 2. The number of hydrogen-bond donors (Lipinski definition) is 1. The van der Waals surface area contributed by atoms with Crippen molar-refractivity contribution in [1.82, 2.24) is 20.4 Å². The maximum atomic E-state index is 13.3. The van der Waals surface area contributed by atoms with Gasteiger partial charge in [0.1, 0.15) is 17.9 Å². The lowest BCUT2D eigenvalue weighted by Gasteiger charge is -2.24. The molecule has 1 aromatic heterocycles. The van der Waals surface area contributed by atoms with E-state index >= 15 is 0 Å². The van der Waals surface area contributed by atoms with Crippen molar-refractivity contribution in [3.8, 4) is 11.6 Å². The standard InChI is InChI=1S/C28H30ClN5O4/c1-18-14-19-8-5-6-9-24(19)34(18)28-30-16-22(26(36)32-33-13-7-3-4-10-25(33)35)27(31-28)38-17-20-11-12-21(37-2)15-23(20)29/h5-6,8-9,11-12,15-16,18H,3-4,7,10,13-14,17H2,1-2H3,(H,32,36)/t18-/m1/s1. The predicted molar refractivity (Wildman–Crippen MR) is 144 cm³/mol. The third-order valence-electron chi connectivity index (χ3n) is 6.84. The van der Waals surface area contributed by atoms with E-state index in [0.29, 0.717) is 35.2 Å². The average Bonchev–Trinajstić information content (AvgIpc) is 3.13. The van der Waals surface area contributed by atoms with Crippen molar-refractivity contribution in [2.45, 2.75) is 51.7 Å². The molecule has 0 radical (unpaired) electrons. The maximum Gasteiger partial charge on any atom is 0.276 e. The Bertz CT molecular complexity index is 1350. The van der Waals surface area contributed by atoms with Crippen molar-refractivity contribution in [3.05, 3.63) is 70.4 Å². The zero-order valence-corrected chi connectivity index (χ0v) is 22.2. The molecule has 3 heterocycles. The number of hydrazine groups is 1. The van der Waals surface area contributed by atoms with Gasteiger partial charge in [0.25, 0.3) is 5.91 Å². The van der Waals surface area contributed by atoms with Crippen molar-refractivity contribution in [3.63, 3.8) is 0 Å². The number of rotatable bonds is 7. The van der Waals surface area contributed by atoms with Crippen LogP contribution in [0.2, 0.25) is 5.02 Å². The molecule has 10 heteroatoms. The van der Waals surface area contributed by atoms with Crippen molar-refractivity contribution in [2.24, 2.45) is 0 Å². The van der Waals surface area contributed by atoms with Crippen molar-refractivity contribution >= 4 is 35.1 Å². The Morgan fingerprint density at radius 2 is 2.03 bits per heavy atom. The molecular formula is C28H30ClN5O4. The van der Waals surface area contributed by atoms with Crippen LogP contribution in [0.25, 0.3) is 0 Å². The molecule has 1 fully saturated rings. The SMILES string of the molecule is COc1ccc(COc2nc(N3c4ccccc4C[C@H]3C)ncc2C(=O)NN2CCCCCC2=O)c(Cl)c1. The summed E-state index contributed by atoms with van der Waals surface area (Å²) in [4.78, 5) is 37.1. The van der Waals surface area contributed by atoms with E-state index in [1.165, 1.54) is 16.8 Å². The van der Waals surface area contributed by atoms with Gasteiger partial charge in [-0.1, -0.05) is 42.3 Å². The van der Waals surface area contributed by atoms with Crippen molar-refractivity contribution in [2.75, 3.05) is 18.6 Å². The summed E-state index contributed by atoms with van der Waals surface area (Å²) in [6.07, 6.45) is 5.31. The number of aromatic nitrogens is 2. The summed E-state index contributed by atoms with van der Waals surface area (Å²) in [7, 11) is 1.57. The van der Waals surface area contributed by atoms with Gasteiger partial charge in [-0.15, -0.1) is 0 Å². The van der Waals surface area contributed by atoms with Crippen molar-refractivity contribution < 1.29 is 19.1 Å². The molecule has 0 aliphatic carbocycles. The van der Waals surface area contributed by atoms with Crippen LogP contribution in [0.3, 0.4) is 0 Å². The number of para-hydroxylation sites is 1. The van der Waals surface area contributed by atoms with Gasteiger partial charge in [-0.2, -0.15) is 4.98 Å². The molecule has 0 unspecified atom stereocenters. The number of nitrogens with one attached hydrogen (secondary N) is 1. The number of methoxy groups -OCH3 is 1. The Morgan fingerprint density at radius 3 is 2.84 bits per heavy atom. The van der Waals surface area contributed by atoms with Crippen LogP contribution in [-0.2, 0) is 17.8 Å². The highest BCUT2D eigenvalue weighted by Crippen LogP contribution is 2.37. The van der Waals surface area contributed by atoms with Crippen LogP contribution in [0, 0.1) is 0 Å². The minimum atomic E-state index is -0.502. The summed E-state index contributed by atoms with van der Waals surface area (Å²) >= 11 is 6.42. The summed E-state index contributed by atoms with van der Waals surface area (Å²) in [5, 5.41) is 1.86. The Balaban J connectivity index is 1.46. The van der Waals surface area contributed by atoms with Gasteiger partial charge in [0.15, 0.2) is 0 Å². The molecule has 2 amide bonds. The lowest BCUT2D eigenvalue weighted by atomic mass is 10.1. The van der Waals surface area contributed by atoms with Crippen LogP contribution in [-0.4, -0.2) is 46.5 Å². The number of carbonyl (C=O) groups is 2. The monoisotopic (exact) mass is 535 g/mol. The minimum Gasteiger partial charge on any atom is -0.497 e. The fraction of sp³-hybridized carbons (Fsp3) is 0.357. The highest BCUT2D eigenvalue weighted by molar-refractivity contribution is 6.31. The first-order valence-corrected chi connectivity index (χ1v) is 13.1. The van der Waals surface area contributed by atoms with Crippen molar-refractivity contribution in [1.29, 1.82) is 0 Å². The quantitative estimate of drug-likeness (QED) is 0.462. The summed E-state index contributed by atoms with van der Waals surface area (Å²) in [6.45, 7) is 2.64. The average molecular weight is 536 g/mol. The van der Waals surface area contributed by atoms with E-state index in [1.54, 1.807) is 25.3 Å². The molecule has 1 atom stereocenters. The Hall–Kier alpha value is -3.85. The molecule has 198 valence electrons. The number of fused-ring (bicyclic) bond motifs is 1. The molecule has 2 aromatic carbocycles. The lowest BCUT2D eigenvalue weighted by molar-refractivity contribution is -0.133. The second kappa shape index (κ2) is 11.3. The fourth-order valence-corrected chi connectivity index (χ4v) is 5.04. The second-order valence-corrected chi connectivity index (χ2v) is 9.89. The van der Waals surface area contributed by atoms with E-state index in [2.05, 4.69) is 23.4 Å². The molecule has 1 N–H and O–H groups in total. The summed E-state index contributed by atoms with van der Waals surface area (Å²) in [6, 6.07) is 13.5. The van der Waals surface area contributed by atoms with Gasteiger partial charge in [-0.3, -0.25) is 20.0 Å². The fourth-order valence-electron chi connectivity index (χ4n) is 4.81. The molecule has 0 bridgehead atoms. The van der Waals surface area contributed by atoms with Crippen LogP contribution in [0.4, 0.5) is 11.6 Å². The number of carbonyl (C=O) groups excluding carboxylic acids is 2. The van der Waals surface area contributed by atoms with Gasteiger partial charge in [0, 0.05) is 36.5 Å².